The van der Waals surface area contributed by atoms with Gasteiger partial charge in [0.2, 0.25) is 0 Å². The van der Waals surface area contributed by atoms with Crippen LogP contribution in [0, 0.1) is 5.92 Å². The van der Waals surface area contributed by atoms with Crippen molar-refractivity contribution < 1.29 is 13.6 Å². The van der Waals surface area contributed by atoms with E-state index in [1.54, 1.807) is 6.92 Å². The van der Waals surface area contributed by atoms with Crippen LogP contribution in [0.15, 0.2) is 0 Å². The zero-order valence-electron chi connectivity index (χ0n) is 8.81. The molecule has 0 amide bonds. The Hall–Kier alpha value is -0.530. The molecule has 0 saturated carbocycles. The molecule has 0 radical (unpaired) electrons. The molecular formula is C7H14O2. The molecule has 0 aromatic heterocycles. The van der Waals surface area contributed by atoms with Crippen molar-refractivity contribution in [2.75, 3.05) is 6.61 Å². The van der Waals surface area contributed by atoms with Gasteiger partial charge in [0.25, 0.3) is 0 Å². The Morgan fingerprint density at radius 3 is 3.00 bits per heavy atom. The van der Waals surface area contributed by atoms with Gasteiger partial charge in [0, 0.05) is 11.0 Å². The van der Waals surface area contributed by atoms with E-state index in [4.69, 9.17) is 4.11 Å². The van der Waals surface area contributed by atoms with Crippen LogP contribution >= 0.6 is 0 Å². The maximum Gasteiger partial charge on any atom is 0.302 e. The molecule has 0 rings (SSSR count). The summed E-state index contributed by atoms with van der Waals surface area (Å²) in [6.07, 6.45) is 0.0836. The van der Waals surface area contributed by atoms with E-state index in [1.165, 1.54) is 6.92 Å². The van der Waals surface area contributed by atoms with E-state index in [1.807, 2.05) is 0 Å². The Bertz CT molecular complexity index is 153. The summed E-state index contributed by atoms with van der Waals surface area (Å²) in [5, 5.41) is 0. The molecule has 1 unspecified atom stereocenters. The van der Waals surface area contributed by atoms with Gasteiger partial charge in [0.15, 0.2) is 0 Å². The highest BCUT2D eigenvalue weighted by Crippen LogP contribution is 1.99. The fraction of sp³-hybridized carbons (Fsp3) is 0.857. The molecule has 0 bridgehead atoms. The number of ether oxygens (including phenoxy) is 1. The van der Waals surface area contributed by atoms with Gasteiger partial charge in [-0.25, -0.2) is 0 Å². The monoisotopic (exact) mass is 133 g/mol. The van der Waals surface area contributed by atoms with Crippen LogP contribution in [0.5, 0.6) is 0 Å². The minimum absolute atomic E-state index is 0.0836. The fourth-order valence-corrected chi connectivity index (χ4v) is 0.319. The number of hydrogen-bond acceptors (Lipinski definition) is 2. The van der Waals surface area contributed by atoms with Gasteiger partial charge in [-0.1, -0.05) is 20.2 Å². The van der Waals surface area contributed by atoms with Crippen LogP contribution in [-0.4, -0.2) is 12.6 Å². The highest BCUT2D eigenvalue weighted by molar-refractivity contribution is 5.65. The SMILES string of the molecule is [2H]C([2H])([2H])CC(C)COC(C)=O. The quantitative estimate of drug-likeness (QED) is 0.546. The first-order valence-corrected chi connectivity index (χ1v) is 2.94. The second kappa shape index (κ2) is 4.36. The van der Waals surface area contributed by atoms with Crippen molar-refractivity contribution in [2.45, 2.75) is 27.1 Å². The lowest BCUT2D eigenvalue weighted by Gasteiger charge is -2.06. The lowest BCUT2D eigenvalue weighted by molar-refractivity contribution is -0.142. The molecule has 0 fully saturated rings. The highest BCUT2D eigenvalue weighted by Gasteiger charge is 1.99. The molecule has 0 N–H and O–H groups in total. The number of rotatable bonds is 3. The Morgan fingerprint density at radius 2 is 2.56 bits per heavy atom. The summed E-state index contributed by atoms with van der Waals surface area (Å²) in [5.74, 6) is -0.478. The van der Waals surface area contributed by atoms with Crippen molar-refractivity contribution in [3.63, 3.8) is 0 Å². The predicted molar refractivity (Wildman–Crippen MR) is 36.1 cm³/mol. The van der Waals surface area contributed by atoms with Gasteiger partial charge in [-0.15, -0.1) is 0 Å². The number of carbonyl (C=O) groups is 1. The molecular weight excluding hydrogens is 116 g/mol. The van der Waals surface area contributed by atoms with Crippen LogP contribution in [-0.2, 0) is 9.53 Å². The van der Waals surface area contributed by atoms with E-state index in [-0.39, 0.29) is 24.9 Å². The van der Waals surface area contributed by atoms with E-state index in [9.17, 15) is 4.79 Å². The molecule has 54 valence electrons. The predicted octanol–water partition coefficient (Wildman–Crippen LogP) is 1.60. The van der Waals surface area contributed by atoms with Crippen LogP contribution in [0.2, 0.25) is 0 Å². The normalized spacial score (nSPS) is 19.1. The first kappa shape index (κ1) is 4.31. The Balaban J connectivity index is 3.60. The van der Waals surface area contributed by atoms with Gasteiger partial charge >= 0.3 is 5.97 Å². The molecule has 0 aliphatic carbocycles. The molecule has 1 atom stereocenters. The third kappa shape index (κ3) is 5.34. The molecule has 2 nitrogen and oxygen atoms in total. The van der Waals surface area contributed by atoms with Gasteiger partial charge in [-0.05, 0) is 5.92 Å². The number of carbonyl (C=O) groups excluding carboxylic acids is 1. The van der Waals surface area contributed by atoms with Crippen LogP contribution in [0.3, 0.4) is 0 Å². The third-order valence-electron chi connectivity index (χ3n) is 0.920. The Labute approximate surface area is 60.4 Å². The minimum Gasteiger partial charge on any atom is -0.466 e. The van der Waals surface area contributed by atoms with Gasteiger partial charge in [0.05, 0.1) is 6.61 Å². The molecule has 0 spiro atoms. The first-order chi connectivity index (χ1) is 5.31. The third-order valence-corrected chi connectivity index (χ3v) is 0.920. The summed E-state index contributed by atoms with van der Waals surface area (Å²) < 4.78 is 25.5. The van der Waals surface area contributed by atoms with Gasteiger partial charge in [0.1, 0.15) is 0 Å². The molecule has 2 heteroatoms. The molecule has 0 aliphatic heterocycles. The van der Waals surface area contributed by atoms with Gasteiger partial charge in [-0.2, -0.15) is 0 Å². The van der Waals surface area contributed by atoms with E-state index >= 15 is 0 Å². The Kier molecular flexibility index (Phi) is 2.09. The van der Waals surface area contributed by atoms with Crippen LogP contribution in [0.4, 0.5) is 0 Å². The largest absolute Gasteiger partial charge is 0.466 e. The zero-order chi connectivity index (χ0) is 9.78. The standard InChI is InChI=1S/C7H14O2/c1-4-6(2)5-9-7(3)8/h6H,4-5H2,1-3H3/i1D3. The first-order valence-electron chi connectivity index (χ1n) is 4.44. The lowest BCUT2D eigenvalue weighted by atomic mass is 10.1. The van der Waals surface area contributed by atoms with Crippen molar-refractivity contribution in [1.29, 1.82) is 0 Å². The molecule has 9 heavy (non-hydrogen) atoms. The summed E-state index contributed by atoms with van der Waals surface area (Å²) in [6.45, 7) is 1.31. The molecule has 0 aromatic rings. The zero-order valence-corrected chi connectivity index (χ0v) is 5.81. The minimum atomic E-state index is -1.93. The second-order valence-electron chi connectivity index (χ2n) is 2.11. The number of hydrogen-bond donors (Lipinski definition) is 0. The van der Waals surface area contributed by atoms with E-state index in [0.717, 1.165) is 0 Å². The van der Waals surface area contributed by atoms with Crippen molar-refractivity contribution >= 4 is 5.97 Å². The summed E-state index contributed by atoms with van der Waals surface area (Å²) in [4.78, 5) is 10.4. The maximum atomic E-state index is 10.4. The van der Waals surface area contributed by atoms with Gasteiger partial charge in [-0.3, -0.25) is 4.79 Å². The smallest absolute Gasteiger partial charge is 0.302 e. The average molecular weight is 133 g/mol. The van der Waals surface area contributed by atoms with E-state index in [2.05, 4.69) is 4.74 Å². The topological polar surface area (TPSA) is 26.3 Å². The van der Waals surface area contributed by atoms with Crippen LogP contribution < -0.4 is 0 Å². The van der Waals surface area contributed by atoms with Crippen molar-refractivity contribution in [3.05, 3.63) is 0 Å². The summed E-state index contributed by atoms with van der Waals surface area (Å²) in [5.41, 5.74) is 0. The summed E-state index contributed by atoms with van der Waals surface area (Å²) >= 11 is 0. The van der Waals surface area contributed by atoms with Crippen LogP contribution in [0.1, 0.15) is 31.2 Å². The lowest BCUT2D eigenvalue weighted by Crippen LogP contribution is -2.07. The van der Waals surface area contributed by atoms with E-state index in [0.29, 0.717) is 0 Å². The molecule has 0 heterocycles. The molecule has 0 aromatic carbocycles. The highest BCUT2D eigenvalue weighted by atomic mass is 16.5. The summed E-state index contributed by atoms with van der Waals surface area (Å²) in [7, 11) is 0. The fourth-order valence-electron chi connectivity index (χ4n) is 0.319. The van der Waals surface area contributed by atoms with Gasteiger partial charge < -0.3 is 4.74 Å². The van der Waals surface area contributed by atoms with Crippen LogP contribution in [0.25, 0.3) is 0 Å². The second-order valence-corrected chi connectivity index (χ2v) is 2.11. The summed E-state index contributed by atoms with van der Waals surface area (Å²) in [6, 6.07) is 0. The maximum absolute atomic E-state index is 10.4. The van der Waals surface area contributed by atoms with Crippen molar-refractivity contribution in [3.8, 4) is 0 Å². The number of esters is 1. The average Bonchev–Trinajstić information content (AvgIpc) is 1.79. The molecule has 0 aliphatic rings. The van der Waals surface area contributed by atoms with Crippen molar-refractivity contribution in [2.24, 2.45) is 5.92 Å². The van der Waals surface area contributed by atoms with Crippen molar-refractivity contribution in [1.82, 2.24) is 0 Å². The van der Waals surface area contributed by atoms with E-state index < -0.39 is 6.85 Å². The molecule has 0 saturated heterocycles. The Morgan fingerprint density at radius 1 is 1.89 bits per heavy atom.